The molecule has 1 aliphatic rings. The van der Waals surface area contributed by atoms with Crippen molar-refractivity contribution in [2.45, 2.75) is 13.0 Å². The fraction of sp³-hybridized carbons (Fsp3) is 0.385. The molecule has 5 heteroatoms. The average Bonchev–Trinajstić information content (AvgIpc) is 2.41. The smallest absolute Gasteiger partial charge is 0.242 e. The lowest BCUT2D eigenvalue weighted by molar-refractivity contribution is -0.142. The summed E-state index contributed by atoms with van der Waals surface area (Å²) in [5.41, 5.74) is 0.985. The molecular formula is C13H16N2O3. The van der Waals surface area contributed by atoms with E-state index in [0.717, 1.165) is 11.3 Å². The lowest BCUT2D eigenvalue weighted by Crippen LogP contribution is -2.52. The van der Waals surface area contributed by atoms with E-state index in [-0.39, 0.29) is 30.9 Å². The minimum atomic E-state index is -0.116. The molecule has 5 nitrogen and oxygen atoms in total. The molecule has 1 heterocycles. The van der Waals surface area contributed by atoms with Gasteiger partial charge in [0.25, 0.3) is 0 Å². The van der Waals surface area contributed by atoms with Gasteiger partial charge in [-0.1, -0.05) is 12.1 Å². The maximum Gasteiger partial charge on any atom is 0.242 e. The SMILES string of the molecule is COc1ccc(C(C)N2CC(=O)NCC2=O)cc1. The molecule has 2 amide bonds. The summed E-state index contributed by atoms with van der Waals surface area (Å²) in [7, 11) is 1.61. The van der Waals surface area contributed by atoms with Crippen molar-refractivity contribution in [3.05, 3.63) is 29.8 Å². The molecule has 1 aromatic carbocycles. The molecule has 1 saturated heterocycles. The summed E-state index contributed by atoms with van der Waals surface area (Å²) >= 11 is 0. The number of rotatable bonds is 3. The number of nitrogens with zero attached hydrogens (tertiary/aromatic N) is 1. The van der Waals surface area contributed by atoms with E-state index < -0.39 is 0 Å². The highest BCUT2D eigenvalue weighted by atomic mass is 16.5. The summed E-state index contributed by atoms with van der Waals surface area (Å²) in [5.74, 6) is 0.599. The molecule has 0 aliphatic carbocycles. The summed E-state index contributed by atoms with van der Waals surface area (Å²) in [4.78, 5) is 24.7. The van der Waals surface area contributed by atoms with E-state index in [1.807, 2.05) is 31.2 Å². The summed E-state index contributed by atoms with van der Waals surface area (Å²) < 4.78 is 5.09. The lowest BCUT2D eigenvalue weighted by atomic mass is 10.1. The van der Waals surface area contributed by atoms with E-state index in [9.17, 15) is 9.59 Å². The highest BCUT2D eigenvalue weighted by Gasteiger charge is 2.27. The molecule has 2 rings (SSSR count). The first-order chi connectivity index (χ1) is 8.61. The van der Waals surface area contributed by atoms with Gasteiger partial charge < -0.3 is 15.0 Å². The third-order valence-electron chi connectivity index (χ3n) is 3.14. The Morgan fingerprint density at radius 3 is 2.56 bits per heavy atom. The van der Waals surface area contributed by atoms with E-state index >= 15 is 0 Å². The first-order valence-electron chi connectivity index (χ1n) is 5.82. The van der Waals surface area contributed by atoms with Crippen LogP contribution in [0.25, 0.3) is 0 Å². The van der Waals surface area contributed by atoms with Crippen LogP contribution in [0.3, 0.4) is 0 Å². The molecule has 0 saturated carbocycles. The van der Waals surface area contributed by atoms with Crippen LogP contribution < -0.4 is 10.1 Å². The molecule has 96 valence electrons. The van der Waals surface area contributed by atoms with Gasteiger partial charge in [0.15, 0.2) is 0 Å². The van der Waals surface area contributed by atoms with Crippen molar-refractivity contribution in [2.75, 3.05) is 20.2 Å². The first kappa shape index (κ1) is 12.4. The van der Waals surface area contributed by atoms with Crippen molar-refractivity contribution in [2.24, 2.45) is 0 Å². The first-order valence-corrected chi connectivity index (χ1v) is 5.82. The van der Waals surface area contributed by atoms with Gasteiger partial charge >= 0.3 is 0 Å². The Hall–Kier alpha value is -2.04. The topological polar surface area (TPSA) is 58.6 Å². The Balaban J connectivity index is 2.15. The summed E-state index contributed by atoms with van der Waals surface area (Å²) in [5, 5.41) is 2.54. The van der Waals surface area contributed by atoms with Crippen molar-refractivity contribution in [3.63, 3.8) is 0 Å². The van der Waals surface area contributed by atoms with Gasteiger partial charge in [0.1, 0.15) is 12.3 Å². The van der Waals surface area contributed by atoms with E-state index in [2.05, 4.69) is 5.32 Å². The van der Waals surface area contributed by atoms with Gasteiger partial charge in [-0.25, -0.2) is 0 Å². The minimum Gasteiger partial charge on any atom is -0.497 e. The third kappa shape index (κ3) is 2.45. The van der Waals surface area contributed by atoms with E-state index in [1.54, 1.807) is 12.0 Å². The van der Waals surface area contributed by atoms with Crippen LogP contribution in [0.2, 0.25) is 0 Å². The van der Waals surface area contributed by atoms with Crippen molar-refractivity contribution in [1.82, 2.24) is 10.2 Å². The molecule has 0 aromatic heterocycles. The van der Waals surface area contributed by atoms with Gasteiger partial charge in [-0.05, 0) is 24.6 Å². The highest BCUT2D eigenvalue weighted by molar-refractivity contribution is 5.92. The fourth-order valence-electron chi connectivity index (χ4n) is 1.99. The average molecular weight is 248 g/mol. The van der Waals surface area contributed by atoms with Crippen LogP contribution in [0.1, 0.15) is 18.5 Å². The summed E-state index contributed by atoms with van der Waals surface area (Å²) in [6, 6.07) is 7.39. The number of hydrogen-bond donors (Lipinski definition) is 1. The van der Waals surface area contributed by atoms with E-state index in [0.29, 0.717) is 0 Å². The third-order valence-corrected chi connectivity index (χ3v) is 3.14. The van der Waals surface area contributed by atoms with Gasteiger partial charge in [0.2, 0.25) is 11.8 Å². The van der Waals surface area contributed by atoms with Crippen LogP contribution in [-0.4, -0.2) is 36.9 Å². The van der Waals surface area contributed by atoms with Gasteiger partial charge in [-0.15, -0.1) is 0 Å². The molecule has 1 aliphatic heterocycles. The van der Waals surface area contributed by atoms with E-state index in [1.165, 1.54) is 0 Å². The number of hydrogen-bond acceptors (Lipinski definition) is 3. The van der Waals surface area contributed by atoms with Crippen LogP contribution in [0.4, 0.5) is 0 Å². The molecule has 1 N–H and O–H groups in total. The number of nitrogens with one attached hydrogen (secondary N) is 1. The molecule has 0 spiro atoms. The molecule has 0 radical (unpaired) electrons. The predicted octanol–water partition coefficient (Wildman–Crippen LogP) is 0.715. The Morgan fingerprint density at radius 2 is 1.94 bits per heavy atom. The number of piperazine rings is 1. The molecule has 1 atom stereocenters. The zero-order chi connectivity index (χ0) is 13.1. The normalized spacial score (nSPS) is 17.3. The van der Waals surface area contributed by atoms with Gasteiger partial charge in [-0.2, -0.15) is 0 Å². The largest absolute Gasteiger partial charge is 0.497 e. The van der Waals surface area contributed by atoms with Crippen LogP contribution in [0.15, 0.2) is 24.3 Å². The van der Waals surface area contributed by atoms with Crippen LogP contribution in [-0.2, 0) is 9.59 Å². The number of benzene rings is 1. The Labute approximate surface area is 106 Å². The number of carbonyl (C=O) groups excluding carboxylic acids is 2. The number of methoxy groups -OCH3 is 1. The van der Waals surface area contributed by atoms with Crippen LogP contribution >= 0.6 is 0 Å². The Morgan fingerprint density at radius 1 is 1.28 bits per heavy atom. The number of ether oxygens (including phenoxy) is 1. The predicted molar refractivity (Wildman–Crippen MR) is 66.1 cm³/mol. The van der Waals surface area contributed by atoms with Gasteiger partial charge in [0, 0.05) is 0 Å². The van der Waals surface area contributed by atoms with Crippen molar-refractivity contribution in [3.8, 4) is 5.75 Å². The van der Waals surface area contributed by atoms with Crippen LogP contribution in [0.5, 0.6) is 5.75 Å². The summed E-state index contributed by atoms with van der Waals surface area (Å²) in [6.45, 7) is 2.11. The molecular weight excluding hydrogens is 232 g/mol. The van der Waals surface area contributed by atoms with Crippen molar-refractivity contribution < 1.29 is 14.3 Å². The quantitative estimate of drug-likeness (QED) is 0.857. The van der Waals surface area contributed by atoms with Crippen molar-refractivity contribution >= 4 is 11.8 Å². The van der Waals surface area contributed by atoms with Crippen molar-refractivity contribution in [1.29, 1.82) is 0 Å². The number of carbonyl (C=O) groups is 2. The zero-order valence-electron chi connectivity index (χ0n) is 10.5. The molecule has 18 heavy (non-hydrogen) atoms. The second-order valence-electron chi connectivity index (χ2n) is 4.25. The monoisotopic (exact) mass is 248 g/mol. The second kappa shape index (κ2) is 5.08. The Kier molecular flexibility index (Phi) is 3.50. The molecule has 1 aromatic rings. The van der Waals surface area contributed by atoms with E-state index in [4.69, 9.17) is 4.74 Å². The molecule has 1 unspecified atom stereocenters. The Bertz CT molecular complexity index is 456. The van der Waals surface area contributed by atoms with Crippen LogP contribution in [0, 0.1) is 0 Å². The second-order valence-corrected chi connectivity index (χ2v) is 4.25. The molecule has 0 bridgehead atoms. The standard InChI is InChI=1S/C13H16N2O3/c1-9(10-3-5-11(18-2)6-4-10)15-8-12(16)14-7-13(15)17/h3-6,9H,7-8H2,1-2H3,(H,14,16). The minimum absolute atomic E-state index is 0.0575. The summed E-state index contributed by atoms with van der Waals surface area (Å²) in [6.07, 6.45) is 0. The maximum absolute atomic E-state index is 11.8. The van der Waals surface area contributed by atoms with Gasteiger partial charge in [0.05, 0.1) is 19.7 Å². The molecule has 1 fully saturated rings. The lowest BCUT2D eigenvalue weighted by Gasteiger charge is -2.32. The zero-order valence-corrected chi connectivity index (χ0v) is 10.5. The fourth-order valence-corrected chi connectivity index (χ4v) is 1.99. The maximum atomic E-state index is 11.8. The highest BCUT2D eigenvalue weighted by Crippen LogP contribution is 2.23. The number of amides is 2. The van der Waals surface area contributed by atoms with Gasteiger partial charge in [-0.3, -0.25) is 9.59 Å².